The molecule has 0 spiro atoms. The van der Waals surface area contributed by atoms with Gasteiger partial charge < -0.3 is 14.8 Å². The first-order valence-corrected chi connectivity index (χ1v) is 6.91. The van der Waals surface area contributed by atoms with Crippen molar-refractivity contribution in [2.75, 3.05) is 7.11 Å². The Morgan fingerprint density at radius 3 is 2.71 bits per heavy atom. The van der Waals surface area contributed by atoms with Gasteiger partial charge >= 0.3 is 0 Å². The molecule has 21 heavy (non-hydrogen) atoms. The quantitative estimate of drug-likeness (QED) is 0.845. The predicted molar refractivity (Wildman–Crippen MR) is 78.3 cm³/mol. The molecule has 0 aliphatic carbocycles. The van der Waals surface area contributed by atoms with Crippen molar-refractivity contribution >= 4 is 0 Å². The molecular formula is C15H21N3O3. The number of rotatable bonds is 7. The lowest BCUT2D eigenvalue weighted by Crippen LogP contribution is -2.22. The zero-order valence-electron chi connectivity index (χ0n) is 12.8. The maximum absolute atomic E-state index is 5.85. The van der Waals surface area contributed by atoms with Gasteiger partial charge in [0, 0.05) is 24.2 Å². The second-order valence-corrected chi connectivity index (χ2v) is 5.09. The molecule has 1 N–H and O–H groups in total. The van der Waals surface area contributed by atoms with Crippen LogP contribution in [-0.4, -0.2) is 23.5 Å². The Morgan fingerprint density at radius 1 is 1.29 bits per heavy atom. The predicted octanol–water partition coefficient (Wildman–Crippen LogP) is 2.46. The molecule has 6 nitrogen and oxygen atoms in total. The number of ether oxygens (including phenoxy) is 2. The lowest BCUT2D eigenvalue weighted by molar-refractivity contribution is 0.267. The fourth-order valence-electron chi connectivity index (χ4n) is 1.78. The van der Waals surface area contributed by atoms with Crippen molar-refractivity contribution in [3.05, 3.63) is 35.2 Å². The molecule has 0 atom stereocenters. The molecule has 0 aliphatic rings. The van der Waals surface area contributed by atoms with E-state index in [0.717, 1.165) is 29.3 Å². The van der Waals surface area contributed by atoms with E-state index >= 15 is 0 Å². The second kappa shape index (κ2) is 7.08. The SMILES string of the molecule is COc1ccc(CNC(C)C)c(OCc2nonc2C)c1. The number of methoxy groups -OCH3 is 1. The summed E-state index contributed by atoms with van der Waals surface area (Å²) in [6, 6.07) is 6.20. The van der Waals surface area contributed by atoms with Crippen molar-refractivity contribution in [3.63, 3.8) is 0 Å². The van der Waals surface area contributed by atoms with Crippen LogP contribution in [0.15, 0.2) is 22.8 Å². The van der Waals surface area contributed by atoms with E-state index in [1.165, 1.54) is 0 Å². The summed E-state index contributed by atoms with van der Waals surface area (Å²) in [4.78, 5) is 0. The van der Waals surface area contributed by atoms with E-state index in [1.54, 1.807) is 7.11 Å². The van der Waals surface area contributed by atoms with E-state index in [1.807, 2.05) is 25.1 Å². The topological polar surface area (TPSA) is 69.4 Å². The average Bonchev–Trinajstić information content (AvgIpc) is 2.88. The third-order valence-corrected chi connectivity index (χ3v) is 3.09. The molecule has 0 saturated heterocycles. The highest BCUT2D eigenvalue weighted by Gasteiger charge is 2.10. The van der Waals surface area contributed by atoms with Gasteiger partial charge in [0.2, 0.25) is 0 Å². The largest absolute Gasteiger partial charge is 0.497 e. The van der Waals surface area contributed by atoms with E-state index in [9.17, 15) is 0 Å². The maximum atomic E-state index is 5.85. The summed E-state index contributed by atoms with van der Waals surface area (Å²) in [5, 5.41) is 10.9. The van der Waals surface area contributed by atoms with Gasteiger partial charge in [-0.15, -0.1) is 0 Å². The molecule has 1 heterocycles. The van der Waals surface area contributed by atoms with Gasteiger partial charge in [-0.25, -0.2) is 4.63 Å². The van der Waals surface area contributed by atoms with E-state index in [-0.39, 0.29) is 0 Å². The average molecular weight is 291 g/mol. The number of nitrogens with zero attached hydrogens (tertiary/aromatic N) is 2. The molecule has 2 rings (SSSR count). The van der Waals surface area contributed by atoms with Crippen molar-refractivity contribution in [2.24, 2.45) is 0 Å². The third kappa shape index (κ3) is 4.19. The van der Waals surface area contributed by atoms with Crippen molar-refractivity contribution in [1.29, 1.82) is 0 Å². The number of hydrogen-bond acceptors (Lipinski definition) is 6. The van der Waals surface area contributed by atoms with Gasteiger partial charge in [0.25, 0.3) is 0 Å². The minimum Gasteiger partial charge on any atom is -0.497 e. The second-order valence-electron chi connectivity index (χ2n) is 5.09. The molecular weight excluding hydrogens is 270 g/mol. The molecule has 6 heteroatoms. The number of aromatic nitrogens is 2. The fraction of sp³-hybridized carbons (Fsp3) is 0.467. The Labute approximate surface area is 124 Å². The van der Waals surface area contributed by atoms with Gasteiger partial charge in [0.15, 0.2) is 0 Å². The Bertz CT molecular complexity index is 581. The van der Waals surface area contributed by atoms with Gasteiger partial charge in [0.1, 0.15) is 29.5 Å². The summed E-state index contributed by atoms with van der Waals surface area (Å²) in [5.74, 6) is 1.53. The van der Waals surface area contributed by atoms with Crippen LogP contribution in [0.4, 0.5) is 0 Å². The van der Waals surface area contributed by atoms with Crippen molar-refractivity contribution < 1.29 is 14.1 Å². The summed E-state index contributed by atoms with van der Waals surface area (Å²) in [6.07, 6.45) is 0. The van der Waals surface area contributed by atoms with E-state index in [0.29, 0.717) is 18.3 Å². The fourth-order valence-corrected chi connectivity index (χ4v) is 1.78. The standard InChI is InChI=1S/C15H21N3O3/c1-10(2)16-8-12-5-6-13(19-4)7-15(12)20-9-14-11(3)17-21-18-14/h5-7,10,16H,8-9H2,1-4H3. The Hall–Kier alpha value is -2.08. The first-order valence-electron chi connectivity index (χ1n) is 6.91. The molecule has 114 valence electrons. The summed E-state index contributed by atoms with van der Waals surface area (Å²) < 4.78 is 15.8. The summed E-state index contributed by atoms with van der Waals surface area (Å²) in [6.45, 7) is 7.09. The number of benzene rings is 1. The van der Waals surface area contributed by atoms with Crippen LogP contribution >= 0.6 is 0 Å². The Balaban J connectivity index is 2.12. The molecule has 0 fully saturated rings. The van der Waals surface area contributed by atoms with Crippen LogP contribution in [0.2, 0.25) is 0 Å². The smallest absolute Gasteiger partial charge is 0.145 e. The molecule has 0 radical (unpaired) electrons. The minimum atomic E-state index is 0.317. The molecule has 0 aliphatic heterocycles. The van der Waals surface area contributed by atoms with Crippen molar-refractivity contribution in [1.82, 2.24) is 15.6 Å². The highest BCUT2D eigenvalue weighted by Crippen LogP contribution is 2.26. The normalized spacial score (nSPS) is 10.9. The van der Waals surface area contributed by atoms with Crippen LogP contribution in [0.1, 0.15) is 30.8 Å². The van der Waals surface area contributed by atoms with E-state index in [4.69, 9.17) is 9.47 Å². The monoisotopic (exact) mass is 291 g/mol. The first-order chi connectivity index (χ1) is 10.1. The third-order valence-electron chi connectivity index (χ3n) is 3.09. The molecule has 0 amide bonds. The summed E-state index contributed by atoms with van der Waals surface area (Å²) >= 11 is 0. The van der Waals surface area contributed by atoms with E-state index in [2.05, 4.69) is 34.1 Å². The van der Waals surface area contributed by atoms with E-state index < -0.39 is 0 Å². The highest BCUT2D eigenvalue weighted by atomic mass is 16.6. The van der Waals surface area contributed by atoms with Gasteiger partial charge in [-0.1, -0.05) is 30.2 Å². The number of aryl methyl sites for hydroxylation is 1. The lowest BCUT2D eigenvalue weighted by atomic mass is 10.1. The molecule has 2 aromatic rings. The van der Waals surface area contributed by atoms with Crippen LogP contribution < -0.4 is 14.8 Å². The summed E-state index contributed by atoms with van der Waals surface area (Å²) in [7, 11) is 1.64. The van der Waals surface area contributed by atoms with Crippen molar-refractivity contribution in [2.45, 2.75) is 40.0 Å². The zero-order chi connectivity index (χ0) is 15.2. The Kier molecular flexibility index (Phi) is 5.16. The molecule has 0 bridgehead atoms. The lowest BCUT2D eigenvalue weighted by Gasteiger charge is -2.14. The van der Waals surface area contributed by atoms with Crippen LogP contribution in [0.5, 0.6) is 11.5 Å². The van der Waals surface area contributed by atoms with Gasteiger partial charge in [0.05, 0.1) is 7.11 Å². The van der Waals surface area contributed by atoms with Crippen molar-refractivity contribution in [3.8, 4) is 11.5 Å². The van der Waals surface area contributed by atoms with Gasteiger partial charge in [-0.2, -0.15) is 0 Å². The van der Waals surface area contributed by atoms with Gasteiger partial charge in [-0.05, 0) is 13.0 Å². The highest BCUT2D eigenvalue weighted by molar-refractivity contribution is 5.40. The van der Waals surface area contributed by atoms with Gasteiger partial charge in [-0.3, -0.25) is 0 Å². The van der Waals surface area contributed by atoms with Crippen LogP contribution in [-0.2, 0) is 13.2 Å². The molecule has 1 aromatic heterocycles. The summed E-state index contributed by atoms with van der Waals surface area (Å²) in [5.41, 5.74) is 2.50. The Morgan fingerprint density at radius 2 is 2.10 bits per heavy atom. The number of hydrogen-bond donors (Lipinski definition) is 1. The zero-order valence-corrected chi connectivity index (χ0v) is 12.8. The first kappa shape index (κ1) is 15.3. The number of nitrogens with one attached hydrogen (secondary N) is 1. The van der Waals surface area contributed by atoms with Crippen LogP contribution in [0, 0.1) is 6.92 Å². The molecule has 0 saturated carbocycles. The van der Waals surface area contributed by atoms with Crippen LogP contribution in [0.3, 0.4) is 0 Å². The van der Waals surface area contributed by atoms with Crippen LogP contribution in [0.25, 0.3) is 0 Å². The molecule has 1 aromatic carbocycles. The maximum Gasteiger partial charge on any atom is 0.145 e. The molecule has 0 unspecified atom stereocenters. The minimum absolute atomic E-state index is 0.317.